The lowest BCUT2D eigenvalue weighted by atomic mass is 9.83. The van der Waals surface area contributed by atoms with Crippen molar-refractivity contribution in [2.24, 2.45) is 17.8 Å². The molecule has 0 aromatic heterocycles. The summed E-state index contributed by atoms with van der Waals surface area (Å²) in [5, 5.41) is 8.68. The molecule has 1 aromatic rings. The number of unbranched alkanes of at least 4 members (excludes halogenated alkanes) is 1. The molecule has 4 unspecified atom stereocenters. The van der Waals surface area contributed by atoms with Crippen LogP contribution in [0.5, 0.6) is 5.75 Å². The van der Waals surface area contributed by atoms with Gasteiger partial charge in [-0.3, -0.25) is 4.79 Å². The Balaban J connectivity index is 1.62. The Bertz CT molecular complexity index is 803. The third-order valence-electron chi connectivity index (χ3n) is 6.09. The monoisotopic (exact) mass is 407 g/mol. The van der Waals surface area contributed by atoms with Gasteiger partial charge in [0.05, 0.1) is 12.0 Å². The fourth-order valence-corrected chi connectivity index (χ4v) is 6.03. The highest BCUT2D eigenvalue weighted by Crippen LogP contribution is 2.50. The van der Waals surface area contributed by atoms with Gasteiger partial charge in [-0.1, -0.05) is 12.2 Å². The Kier molecular flexibility index (Phi) is 6.78. The lowest BCUT2D eigenvalue weighted by Gasteiger charge is -2.31. The number of aliphatic carboxylic acids is 1. The van der Waals surface area contributed by atoms with E-state index in [0.717, 1.165) is 25.7 Å². The summed E-state index contributed by atoms with van der Waals surface area (Å²) in [5.41, 5.74) is 0. The van der Waals surface area contributed by atoms with E-state index in [0.29, 0.717) is 29.9 Å². The Morgan fingerprint density at radius 3 is 2.61 bits per heavy atom. The summed E-state index contributed by atoms with van der Waals surface area (Å²) in [6.07, 6.45) is 9.87. The number of methoxy groups -OCH3 is 1. The number of sulfonamides is 1. The normalized spacial score (nSPS) is 26.8. The molecule has 2 aliphatic carbocycles. The van der Waals surface area contributed by atoms with Crippen LogP contribution in [0.25, 0.3) is 0 Å². The third-order valence-corrected chi connectivity index (χ3v) is 7.56. The molecule has 0 saturated heterocycles. The van der Waals surface area contributed by atoms with Gasteiger partial charge < -0.3 is 9.84 Å². The first-order chi connectivity index (χ1) is 13.4. The van der Waals surface area contributed by atoms with Crippen molar-refractivity contribution in [2.45, 2.75) is 55.9 Å². The zero-order valence-electron chi connectivity index (χ0n) is 16.2. The number of carbonyl (C=O) groups is 1. The van der Waals surface area contributed by atoms with Crippen LogP contribution in [0.3, 0.4) is 0 Å². The first-order valence-corrected chi connectivity index (χ1v) is 11.4. The van der Waals surface area contributed by atoms with Gasteiger partial charge in [0.2, 0.25) is 10.0 Å². The van der Waals surface area contributed by atoms with E-state index in [-0.39, 0.29) is 17.4 Å². The summed E-state index contributed by atoms with van der Waals surface area (Å²) in [6.45, 7) is 0. The second-order valence-corrected chi connectivity index (χ2v) is 9.53. The minimum atomic E-state index is -3.57. The fourth-order valence-electron chi connectivity index (χ4n) is 4.68. The second kappa shape index (κ2) is 9.09. The summed E-state index contributed by atoms with van der Waals surface area (Å²) in [6, 6.07) is 6.44. The first-order valence-electron chi connectivity index (χ1n) is 9.94. The molecule has 6 nitrogen and oxygen atoms in total. The fraction of sp³-hybridized carbons (Fsp3) is 0.571. The molecule has 0 aliphatic heterocycles. The Morgan fingerprint density at radius 1 is 1.21 bits per heavy atom. The number of fused-ring (bicyclic) bond motifs is 2. The Labute approximate surface area is 167 Å². The van der Waals surface area contributed by atoms with E-state index in [4.69, 9.17) is 9.84 Å². The third kappa shape index (κ3) is 4.94. The van der Waals surface area contributed by atoms with Crippen LogP contribution in [0.2, 0.25) is 0 Å². The molecule has 154 valence electrons. The molecule has 2 saturated carbocycles. The van der Waals surface area contributed by atoms with E-state index < -0.39 is 16.0 Å². The summed E-state index contributed by atoms with van der Waals surface area (Å²) < 4.78 is 33.8. The lowest BCUT2D eigenvalue weighted by Crippen LogP contribution is -2.43. The van der Waals surface area contributed by atoms with Crippen molar-refractivity contribution in [2.75, 3.05) is 7.11 Å². The molecule has 2 aliphatic rings. The Hall–Kier alpha value is -1.86. The van der Waals surface area contributed by atoms with Gasteiger partial charge in [0.1, 0.15) is 5.75 Å². The maximum Gasteiger partial charge on any atom is 0.303 e. The molecule has 28 heavy (non-hydrogen) atoms. The van der Waals surface area contributed by atoms with E-state index in [1.165, 1.54) is 6.42 Å². The van der Waals surface area contributed by atoms with Crippen LogP contribution in [-0.2, 0) is 14.8 Å². The van der Waals surface area contributed by atoms with Crippen LogP contribution >= 0.6 is 0 Å². The highest BCUT2D eigenvalue weighted by Gasteiger charge is 2.48. The molecule has 2 bridgehead atoms. The van der Waals surface area contributed by atoms with E-state index in [9.17, 15) is 13.2 Å². The lowest BCUT2D eigenvalue weighted by molar-refractivity contribution is -0.137. The van der Waals surface area contributed by atoms with E-state index in [1.54, 1.807) is 31.4 Å². The van der Waals surface area contributed by atoms with Crippen molar-refractivity contribution in [3.05, 3.63) is 36.4 Å². The first kappa shape index (κ1) is 20.9. The van der Waals surface area contributed by atoms with E-state index in [1.807, 2.05) is 6.08 Å². The molecular weight excluding hydrogens is 378 g/mol. The molecule has 0 amide bonds. The van der Waals surface area contributed by atoms with Crippen molar-refractivity contribution >= 4 is 16.0 Å². The number of carboxylic acids is 1. The van der Waals surface area contributed by atoms with Crippen molar-refractivity contribution in [3.63, 3.8) is 0 Å². The Morgan fingerprint density at radius 2 is 1.93 bits per heavy atom. The second-order valence-electron chi connectivity index (χ2n) is 7.81. The van der Waals surface area contributed by atoms with E-state index in [2.05, 4.69) is 10.8 Å². The van der Waals surface area contributed by atoms with Gasteiger partial charge in [-0.05, 0) is 80.5 Å². The highest BCUT2D eigenvalue weighted by atomic mass is 32.2. The zero-order chi connectivity index (χ0) is 20.1. The average molecular weight is 408 g/mol. The summed E-state index contributed by atoms with van der Waals surface area (Å²) in [5.74, 6) is 1.14. The minimum absolute atomic E-state index is 0.0329. The quantitative estimate of drug-likeness (QED) is 0.457. The van der Waals surface area contributed by atoms with Gasteiger partial charge in [0.25, 0.3) is 0 Å². The van der Waals surface area contributed by atoms with Crippen LogP contribution < -0.4 is 9.46 Å². The number of hydrogen-bond acceptors (Lipinski definition) is 4. The van der Waals surface area contributed by atoms with Gasteiger partial charge in [-0.25, -0.2) is 13.1 Å². The molecule has 0 heterocycles. The van der Waals surface area contributed by atoms with Gasteiger partial charge in [-0.15, -0.1) is 0 Å². The number of hydrogen-bond donors (Lipinski definition) is 2. The van der Waals surface area contributed by atoms with Crippen molar-refractivity contribution in [1.29, 1.82) is 0 Å². The summed E-state index contributed by atoms with van der Waals surface area (Å²) >= 11 is 0. The number of nitrogens with one attached hydrogen (secondary N) is 1. The van der Waals surface area contributed by atoms with E-state index >= 15 is 0 Å². The predicted octanol–water partition coefficient (Wildman–Crippen LogP) is 3.59. The molecule has 2 fully saturated rings. The van der Waals surface area contributed by atoms with Crippen molar-refractivity contribution in [1.82, 2.24) is 4.72 Å². The number of carboxylic acid groups (broad SMARTS) is 1. The minimum Gasteiger partial charge on any atom is -0.497 e. The number of rotatable bonds is 10. The average Bonchev–Trinajstić information content (AvgIpc) is 3.26. The highest BCUT2D eigenvalue weighted by molar-refractivity contribution is 7.89. The standard InChI is InChI=1S/C21H29NO5S/c1-27-17-10-12-18(13-11-17)28(25,26)22-21-16-9-8-15(14-16)19(21)6-4-2-3-5-7-20(23)24/h2,4,10-13,15-16,19,21-22H,3,5-9,14H2,1H3,(H,23,24)/b4-2-. The largest absolute Gasteiger partial charge is 0.497 e. The molecular formula is C21H29NO5S. The van der Waals surface area contributed by atoms with Crippen LogP contribution in [0.1, 0.15) is 44.9 Å². The van der Waals surface area contributed by atoms with Crippen molar-refractivity contribution < 1.29 is 23.1 Å². The van der Waals surface area contributed by atoms with Gasteiger partial charge in [0, 0.05) is 12.5 Å². The van der Waals surface area contributed by atoms with Gasteiger partial charge in [-0.2, -0.15) is 0 Å². The molecule has 7 heteroatoms. The zero-order valence-corrected chi connectivity index (χ0v) is 17.0. The van der Waals surface area contributed by atoms with Crippen molar-refractivity contribution in [3.8, 4) is 5.75 Å². The van der Waals surface area contributed by atoms with Crippen LogP contribution in [0, 0.1) is 17.8 Å². The van der Waals surface area contributed by atoms with Gasteiger partial charge in [0.15, 0.2) is 0 Å². The topological polar surface area (TPSA) is 92.7 Å². The van der Waals surface area contributed by atoms with Crippen LogP contribution in [-0.4, -0.2) is 32.6 Å². The smallest absolute Gasteiger partial charge is 0.303 e. The number of ether oxygens (including phenoxy) is 1. The molecule has 4 atom stereocenters. The molecule has 0 radical (unpaired) electrons. The predicted molar refractivity (Wildman–Crippen MR) is 107 cm³/mol. The molecule has 1 aromatic carbocycles. The molecule has 3 rings (SSSR count). The molecule has 2 N–H and O–H groups in total. The maximum atomic E-state index is 12.9. The number of allylic oxidation sites excluding steroid dienone is 2. The van der Waals surface area contributed by atoms with Crippen LogP contribution in [0.15, 0.2) is 41.3 Å². The SMILES string of the molecule is COc1ccc(S(=O)(=O)NC2C3CCC(C3)C2C/C=C\CCCC(=O)O)cc1. The van der Waals surface area contributed by atoms with Gasteiger partial charge >= 0.3 is 5.97 Å². The molecule has 0 spiro atoms. The van der Waals surface area contributed by atoms with Crippen LogP contribution in [0.4, 0.5) is 0 Å². The maximum absolute atomic E-state index is 12.9. The summed E-state index contributed by atoms with van der Waals surface area (Å²) in [4.78, 5) is 10.8. The number of benzene rings is 1. The summed E-state index contributed by atoms with van der Waals surface area (Å²) in [7, 11) is -2.02.